The van der Waals surface area contributed by atoms with Gasteiger partial charge in [0.25, 0.3) is 0 Å². The van der Waals surface area contributed by atoms with E-state index in [9.17, 15) is 4.79 Å². The first-order chi connectivity index (χ1) is 8.53. The van der Waals surface area contributed by atoms with Gasteiger partial charge >= 0.3 is 0 Å². The van der Waals surface area contributed by atoms with Crippen LogP contribution >= 0.6 is 12.2 Å². The van der Waals surface area contributed by atoms with Gasteiger partial charge in [0, 0.05) is 12.0 Å². The highest BCUT2D eigenvalue weighted by molar-refractivity contribution is 7.80. The molecule has 1 saturated heterocycles. The topological polar surface area (TPSA) is 55.6 Å². The van der Waals surface area contributed by atoms with Gasteiger partial charge in [0.05, 0.1) is 13.2 Å². The minimum Gasteiger partial charge on any atom is -0.391 e. The maximum absolute atomic E-state index is 12.6. The number of hydrogen-bond donors (Lipinski definition) is 1. The monoisotopic (exact) mass is 270 g/mol. The minimum atomic E-state index is -0.273. The molecule has 0 spiro atoms. The number of nitrogens with two attached hydrogens (primary N) is 1. The molecule has 0 radical (unpaired) electrons. The normalized spacial score (nSPS) is 27.8. The van der Waals surface area contributed by atoms with Crippen molar-refractivity contribution in [3.8, 4) is 0 Å². The summed E-state index contributed by atoms with van der Waals surface area (Å²) in [7, 11) is 0. The van der Waals surface area contributed by atoms with Crippen LogP contribution in [-0.2, 0) is 9.53 Å². The first kappa shape index (κ1) is 13.7. The van der Waals surface area contributed by atoms with E-state index >= 15 is 0 Å². The SMILES string of the molecule is CC1(C(=O)N2CCOC(C(N)=S)C2)CCCCC1. The van der Waals surface area contributed by atoms with Crippen molar-refractivity contribution < 1.29 is 9.53 Å². The average Bonchev–Trinajstić information content (AvgIpc) is 2.39. The van der Waals surface area contributed by atoms with Gasteiger partial charge in [0.1, 0.15) is 11.1 Å². The minimum absolute atomic E-state index is 0.184. The zero-order chi connectivity index (χ0) is 13.2. The molecule has 1 unspecified atom stereocenters. The third-order valence-corrected chi connectivity index (χ3v) is 4.41. The average molecular weight is 270 g/mol. The van der Waals surface area contributed by atoms with Crippen LogP contribution in [0, 0.1) is 5.41 Å². The van der Waals surface area contributed by atoms with Crippen LogP contribution in [0.2, 0.25) is 0 Å². The molecule has 1 amide bonds. The standard InChI is InChI=1S/C13H22N2O2S/c1-13(5-3-2-4-6-13)12(16)15-7-8-17-10(9-15)11(14)18/h10H,2-9H2,1H3,(H2,14,18). The number of hydrogen-bond acceptors (Lipinski definition) is 3. The van der Waals surface area contributed by atoms with Crippen LogP contribution in [-0.4, -0.2) is 41.6 Å². The second-order valence-electron chi connectivity index (χ2n) is 5.63. The summed E-state index contributed by atoms with van der Waals surface area (Å²) in [5.41, 5.74) is 5.43. The van der Waals surface area contributed by atoms with Crippen molar-refractivity contribution in [3.63, 3.8) is 0 Å². The van der Waals surface area contributed by atoms with E-state index in [-0.39, 0.29) is 17.4 Å². The molecular weight excluding hydrogens is 248 g/mol. The van der Waals surface area contributed by atoms with E-state index in [1.807, 2.05) is 4.90 Å². The second-order valence-corrected chi connectivity index (χ2v) is 6.11. The lowest BCUT2D eigenvalue weighted by Crippen LogP contribution is -2.53. The van der Waals surface area contributed by atoms with E-state index in [4.69, 9.17) is 22.7 Å². The molecule has 1 heterocycles. The number of nitrogens with zero attached hydrogens (tertiary/aromatic N) is 1. The van der Waals surface area contributed by atoms with Gasteiger partial charge in [0.15, 0.2) is 0 Å². The zero-order valence-electron chi connectivity index (χ0n) is 11.0. The van der Waals surface area contributed by atoms with Gasteiger partial charge in [-0.2, -0.15) is 0 Å². The summed E-state index contributed by atoms with van der Waals surface area (Å²) in [6.07, 6.45) is 5.30. The largest absolute Gasteiger partial charge is 0.391 e. The summed E-state index contributed by atoms with van der Waals surface area (Å²) in [6, 6.07) is 0. The molecule has 2 aliphatic rings. The van der Waals surface area contributed by atoms with Crippen molar-refractivity contribution in [2.24, 2.45) is 11.1 Å². The zero-order valence-corrected chi connectivity index (χ0v) is 11.8. The first-order valence-corrected chi connectivity index (χ1v) is 7.14. The Labute approximate surface area is 114 Å². The summed E-state index contributed by atoms with van der Waals surface area (Å²) in [6.45, 7) is 3.81. The summed E-state index contributed by atoms with van der Waals surface area (Å²) in [5.74, 6) is 0.256. The molecule has 2 N–H and O–H groups in total. The molecule has 1 atom stereocenters. The first-order valence-electron chi connectivity index (χ1n) is 6.73. The molecule has 0 aromatic carbocycles. The van der Waals surface area contributed by atoms with Gasteiger partial charge < -0.3 is 15.4 Å². The maximum atomic E-state index is 12.6. The van der Waals surface area contributed by atoms with Crippen LogP contribution in [0.3, 0.4) is 0 Å². The van der Waals surface area contributed by atoms with Crippen LogP contribution in [0.5, 0.6) is 0 Å². The van der Waals surface area contributed by atoms with Crippen molar-refractivity contribution in [3.05, 3.63) is 0 Å². The quantitative estimate of drug-likeness (QED) is 0.772. The molecule has 5 heteroatoms. The molecular formula is C13H22N2O2S. The van der Waals surface area contributed by atoms with Gasteiger partial charge in [0.2, 0.25) is 5.91 Å². The number of ether oxygens (including phenoxy) is 1. The molecule has 0 bridgehead atoms. The Kier molecular flexibility index (Phi) is 4.22. The number of rotatable bonds is 2. The number of carbonyl (C=O) groups excluding carboxylic acids is 1. The molecule has 102 valence electrons. The van der Waals surface area contributed by atoms with Crippen molar-refractivity contribution >= 4 is 23.1 Å². The number of carbonyl (C=O) groups is 1. The predicted molar refractivity (Wildman–Crippen MR) is 74.3 cm³/mol. The highest BCUT2D eigenvalue weighted by atomic mass is 32.1. The molecule has 1 aliphatic carbocycles. The molecule has 4 nitrogen and oxygen atoms in total. The summed E-state index contributed by atoms with van der Waals surface area (Å²) in [5, 5.41) is 0. The Morgan fingerprint density at radius 2 is 2.06 bits per heavy atom. The Morgan fingerprint density at radius 3 is 2.67 bits per heavy atom. The van der Waals surface area contributed by atoms with Crippen LogP contribution in [0.15, 0.2) is 0 Å². The Balaban J connectivity index is 2.01. The molecule has 2 fully saturated rings. The maximum Gasteiger partial charge on any atom is 0.228 e. The van der Waals surface area contributed by atoms with E-state index in [0.29, 0.717) is 24.7 Å². The van der Waals surface area contributed by atoms with E-state index in [1.165, 1.54) is 6.42 Å². The van der Waals surface area contributed by atoms with Crippen molar-refractivity contribution in [2.45, 2.75) is 45.1 Å². The fourth-order valence-electron chi connectivity index (χ4n) is 2.93. The van der Waals surface area contributed by atoms with Gasteiger partial charge in [-0.05, 0) is 12.8 Å². The fraction of sp³-hybridized carbons (Fsp3) is 0.846. The smallest absolute Gasteiger partial charge is 0.228 e. The second kappa shape index (κ2) is 5.53. The lowest BCUT2D eigenvalue weighted by atomic mass is 9.74. The lowest BCUT2D eigenvalue weighted by Gasteiger charge is -2.40. The lowest BCUT2D eigenvalue weighted by molar-refractivity contribution is -0.148. The van der Waals surface area contributed by atoms with Crippen LogP contribution < -0.4 is 5.73 Å². The van der Waals surface area contributed by atoms with Gasteiger partial charge in [-0.3, -0.25) is 4.79 Å². The summed E-state index contributed by atoms with van der Waals surface area (Å²) >= 11 is 4.95. The third-order valence-electron chi connectivity index (χ3n) is 4.14. The van der Waals surface area contributed by atoms with Crippen LogP contribution in [0.25, 0.3) is 0 Å². The van der Waals surface area contributed by atoms with Crippen molar-refractivity contribution in [1.82, 2.24) is 4.90 Å². The van der Waals surface area contributed by atoms with E-state index in [2.05, 4.69) is 6.92 Å². The highest BCUT2D eigenvalue weighted by Gasteiger charge is 2.39. The van der Waals surface area contributed by atoms with Crippen molar-refractivity contribution in [2.75, 3.05) is 19.7 Å². The van der Waals surface area contributed by atoms with E-state index < -0.39 is 0 Å². The predicted octanol–water partition coefficient (Wildman–Crippen LogP) is 1.47. The Hall–Kier alpha value is -0.680. The molecule has 1 saturated carbocycles. The van der Waals surface area contributed by atoms with Gasteiger partial charge in [-0.15, -0.1) is 0 Å². The molecule has 1 aliphatic heterocycles. The third kappa shape index (κ3) is 2.83. The number of amides is 1. The molecule has 0 aromatic heterocycles. The van der Waals surface area contributed by atoms with Gasteiger partial charge in [-0.1, -0.05) is 38.4 Å². The van der Waals surface area contributed by atoms with Crippen LogP contribution in [0.1, 0.15) is 39.0 Å². The number of morpholine rings is 1. The van der Waals surface area contributed by atoms with Crippen LogP contribution in [0.4, 0.5) is 0 Å². The highest BCUT2D eigenvalue weighted by Crippen LogP contribution is 2.37. The number of thiocarbonyl (C=S) groups is 1. The Morgan fingerprint density at radius 1 is 1.39 bits per heavy atom. The summed E-state index contributed by atoms with van der Waals surface area (Å²) in [4.78, 5) is 14.9. The van der Waals surface area contributed by atoms with Gasteiger partial charge in [-0.25, -0.2) is 0 Å². The molecule has 0 aromatic rings. The fourth-order valence-corrected chi connectivity index (χ4v) is 3.08. The molecule has 18 heavy (non-hydrogen) atoms. The van der Waals surface area contributed by atoms with Crippen molar-refractivity contribution in [1.29, 1.82) is 0 Å². The van der Waals surface area contributed by atoms with E-state index in [0.717, 1.165) is 25.7 Å². The van der Waals surface area contributed by atoms with E-state index in [1.54, 1.807) is 0 Å². The summed E-state index contributed by atoms with van der Waals surface area (Å²) < 4.78 is 5.48. The Bertz CT molecular complexity index is 340. The molecule has 2 rings (SSSR count).